The van der Waals surface area contributed by atoms with Crippen molar-refractivity contribution >= 4 is 23.2 Å². The summed E-state index contributed by atoms with van der Waals surface area (Å²) >= 11 is 12.1. The molecule has 0 aliphatic heterocycles. The molecule has 1 N–H and O–H groups in total. The van der Waals surface area contributed by atoms with E-state index in [0.717, 1.165) is 6.54 Å². The molecule has 1 aliphatic rings. The Balaban J connectivity index is 2.10. The van der Waals surface area contributed by atoms with Gasteiger partial charge < -0.3 is 5.32 Å². The van der Waals surface area contributed by atoms with Gasteiger partial charge in [0.05, 0.1) is 10.0 Å². The van der Waals surface area contributed by atoms with E-state index >= 15 is 0 Å². The van der Waals surface area contributed by atoms with Crippen LogP contribution >= 0.6 is 23.2 Å². The molecule has 18 heavy (non-hydrogen) atoms. The highest BCUT2D eigenvalue weighted by Crippen LogP contribution is 2.42. The SMILES string of the molecule is CCCNC1CCC(C)(c2ccc(Cl)c(Cl)c2)C1. The molecule has 0 aromatic heterocycles. The first-order valence-corrected chi connectivity index (χ1v) is 7.49. The Hall–Kier alpha value is -0.240. The summed E-state index contributed by atoms with van der Waals surface area (Å²) < 4.78 is 0. The molecule has 1 aliphatic carbocycles. The third-order valence-corrected chi connectivity index (χ3v) is 4.78. The van der Waals surface area contributed by atoms with E-state index in [1.165, 1.54) is 31.2 Å². The zero-order chi connectivity index (χ0) is 13.2. The minimum Gasteiger partial charge on any atom is -0.314 e. The van der Waals surface area contributed by atoms with E-state index in [4.69, 9.17) is 23.2 Å². The lowest BCUT2D eigenvalue weighted by Gasteiger charge is -2.25. The van der Waals surface area contributed by atoms with Gasteiger partial charge in [0.25, 0.3) is 0 Å². The number of benzene rings is 1. The number of nitrogens with one attached hydrogen (secondary N) is 1. The van der Waals surface area contributed by atoms with Crippen LogP contribution in [-0.2, 0) is 5.41 Å². The number of hydrogen-bond acceptors (Lipinski definition) is 1. The fraction of sp³-hybridized carbons (Fsp3) is 0.600. The molecule has 0 spiro atoms. The van der Waals surface area contributed by atoms with E-state index in [0.29, 0.717) is 16.1 Å². The Morgan fingerprint density at radius 2 is 2.11 bits per heavy atom. The molecule has 1 fully saturated rings. The van der Waals surface area contributed by atoms with E-state index in [2.05, 4.69) is 25.2 Å². The van der Waals surface area contributed by atoms with Gasteiger partial charge in [-0.3, -0.25) is 0 Å². The van der Waals surface area contributed by atoms with Crippen molar-refractivity contribution in [3.05, 3.63) is 33.8 Å². The molecule has 2 unspecified atom stereocenters. The number of halogens is 2. The van der Waals surface area contributed by atoms with Crippen LogP contribution in [0.25, 0.3) is 0 Å². The van der Waals surface area contributed by atoms with Crippen molar-refractivity contribution in [2.75, 3.05) is 6.54 Å². The summed E-state index contributed by atoms with van der Waals surface area (Å²) in [6.45, 7) is 5.66. The van der Waals surface area contributed by atoms with Crippen LogP contribution in [0, 0.1) is 0 Å². The van der Waals surface area contributed by atoms with Crippen LogP contribution in [0.15, 0.2) is 18.2 Å². The summed E-state index contributed by atoms with van der Waals surface area (Å²) in [5.74, 6) is 0. The average Bonchev–Trinajstić information content (AvgIpc) is 2.73. The second kappa shape index (κ2) is 5.81. The predicted octanol–water partition coefficient (Wildman–Crippen LogP) is 4.80. The van der Waals surface area contributed by atoms with Crippen molar-refractivity contribution < 1.29 is 0 Å². The Bertz CT molecular complexity index is 419. The molecule has 2 rings (SSSR count). The molecule has 1 saturated carbocycles. The first-order chi connectivity index (χ1) is 8.55. The van der Waals surface area contributed by atoms with Gasteiger partial charge in [0.15, 0.2) is 0 Å². The van der Waals surface area contributed by atoms with Gasteiger partial charge in [-0.15, -0.1) is 0 Å². The molecular formula is C15H21Cl2N. The highest BCUT2D eigenvalue weighted by atomic mass is 35.5. The van der Waals surface area contributed by atoms with E-state index < -0.39 is 0 Å². The van der Waals surface area contributed by atoms with Gasteiger partial charge in [-0.2, -0.15) is 0 Å². The van der Waals surface area contributed by atoms with Gasteiger partial charge in [0.1, 0.15) is 0 Å². The largest absolute Gasteiger partial charge is 0.314 e. The van der Waals surface area contributed by atoms with Gasteiger partial charge in [0.2, 0.25) is 0 Å². The van der Waals surface area contributed by atoms with Crippen LogP contribution in [-0.4, -0.2) is 12.6 Å². The third kappa shape index (κ3) is 3.01. The highest BCUT2D eigenvalue weighted by molar-refractivity contribution is 6.42. The van der Waals surface area contributed by atoms with Crippen LogP contribution in [0.1, 0.15) is 45.1 Å². The minimum atomic E-state index is 0.236. The van der Waals surface area contributed by atoms with E-state index in [1.807, 2.05) is 12.1 Å². The molecule has 1 aromatic carbocycles. The maximum Gasteiger partial charge on any atom is 0.0595 e. The molecule has 3 heteroatoms. The Morgan fingerprint density at radius 1 is 1.33 bits per heavy atom. The van der Waals surface area contributed by atoms with Crippen LogP contribution in [0.2, 0.25) is 10.0 Å². The van der Waals surface area contributed by atoms with E-state index in [-0.39, 0.29) is 5.41 Å². The van der Waals surface area contributed by atoms with Gasteiger partial charge in [-0.05, 0) is 55.3 Å². The molecule has 0 heterocycles. The summed E-state index contributed by atoms with van der Waals surface area (Å²) in [5, 5.41) is 4.93. The van der Waals surface area contributed by atoms with Gasteiger partial charge >= 0.3 is 0 Å². The molecule has 0 bridgehead atoms. The molecule has 1 aromatic rings. The molecule has 0 amide bonds. The second-order valence-corrected chi connectivity index (χ2v) is 6.40. The maximum absolute atomic E-state index is 6.13. The lowest BCUT2D eigenvalue weighted by atomic mass is 9.81. The van der Waals surface area contributed by atoms with E-state index in [1.54, 1.807) is 0 Å². The molecule has 0 saturated heterocycles. The summed E-state index contributed by atoms with van der Waals surface area (Å²) in [5.41, 5.74) is 1.55. The monoisotopic (exact) mass is 285 g/mol. The molecule has 100 valence electrons. The van der Waals surface area contributed by atoms with Crippen molar-refractivity contribution in [3.63, 3.8) is 0 Å². The lowest BCUT2D eigenvalue weighted by molar-refractivity contribution is 0.453. The fourth-order valence-electron chi connectivity index (χ4n) is 2.90. The second-order valence-electron chi connectivity index (χ2n) is 5.58. The van der Waals surface area contributed by atoms with Crippen LogP contribution < -0.4 is 5.32 Å². The highest BCUT2D eigenvalue weighted by Gasteiger charge is 2.36. The van der Waals surface area contributed by atoms with Crippen molar-refractivity contribution in [1.29, 1.82) is 0 Å². The molecular weight excluding hydrogens is 265 g/mol. The lowest BCUT2D eigenvalue weighted by Crippen LogP contribution is -2.29. The first-order valence-electron chi connectivity index (χ1n) is 6.74. The minimum absolute atomic E-state index is 0.236. The molecule has 0 radical (unpaired) electrons. The maximum atomic E-state index is 6.13. The van der Waals surface area contributed by atoms with Crippen molar-refractivity contribution in [3.8, 4) is 0 Å². The van der Waals surface area contributed by atoms with Crippen molar-refractivity contribution in [1.82, 2.24) is 5.32 Å². The Kier molecular flexibility index (Phi) is 4.58. The summed E-state index contributed by atoms with van der Waals surface area (Å²) in [6.07, 6.45) is 4.84. The number of rotatable bonds is 4. The van der Waals surface area contributed by atoms with Crippen molar-refractivity contribution in [2.45, 2.75) is 51.0 Å². The fourth-order valence-corrected chi connectivity index (χ4v) is 3.20. The standard InChI is InChI=1S/C15H21Cl2N/c1-3-8-18-12-6-7-15(2,10-12)11-4-5-13(16)14(17)9-11/h4-5,9,12,18H,3,6-8,10H2,1-2H3. The predicted molar refractivity (Wildman–Crippen MR) is 79.7 cm³/mol. The zero-order valence-corrected chi connectivity index (χ0v) is 12.6. The summed E-state index contributed by atoms with van der Waals surface area (Å²) in [6, 6.07) is 6.71. The average molecular weight is 286 g/mol. The molecule has 1 nitrogen and oxygen atoms in total. The quantitative estimate of drug-likeness (QED) is 0.838. The first kappa shape index (κ1) is 14.2. The normalized spacial score (nSPS) is 27.7. The van der Waals surface area contributed by atoms with Crippen molar-refractivity contribution in [2.24, 2.45) is 0 Å². The number of hydrogen-bond donors (Lipinski definition) is 1. The van der Waals surface area contributed by atoms with Crippen LogP contribution in [0.5, 0.6) is 0 Å². The summed E-state index contributed by atoms with van der Waals surface area (Å²) in [7, 11) is 0. The van der Waals surface area contributed by atoms with Gasteiger partial charge in [-0.1, -0.05) is 43.1 Å². The van der Waals surface area contributed by atoms with E-state index in [9.17, 15) is 0 Å². The zero-order valence-electron chi connectivity index (χ0n) is 11.1. The summed E-state index contributed by atoms with van der Waals surface area (Å²) in [4.78, 5) is 0. The molecule has 2 atom stereocenters. The topological polar surface area (TPSA) is 12.0 Å². The smallest absolute Gasteiger partial charge is 0.0595 e. The van der Waals surface area contributed by atoms with Gasteiger partial charge in [-0.25, -0.2) is 0 Å². The Morgan fingerprint density at radius 3 is 2.78 bits per heavy atom. The Labute approximate surface area is 120 Å². The third-order valence-electron chi connectivity index (χ3n) is 4.04. The van der Waals surface area contributed by atoms with Crippen LogP contribution in [0.3, 0.4) is 0 Å². The van der Waals surface area contributed by atoms with Crippen LogP contribution in [0.4, 0.5) is 0 Å². The van der Waals surface area contributed by atoms with Gasteiger partial charge in [0, 0.05) is 6.04 Å².